The van der Waals surface area contributed by atoms with E-state index < -0.39 is 0 Å². The molecule has 0 unspecified atom stereocenters. The molecule has 0 aliphatic heterocycles. The molecule has 0 atom stereocenters. The molecule has 2 heterocycles. The van der Waals surface area contributed by atoms with Gasteiger partial charge in [-0.25, -0.2) is 9.97 Å². The second-order valence-electron chi connectivity index (χ2n) is 4.69. The molecule has 20 heavy (non-hydrogen) atoms. The van der Waals surface area contributed by atoms with Crippen molar-refractivity contribution in [3.8, 4) is 11.7 Å². The van der Waals surface area contributed by atoms with E-state index in [0.717, 1.165) is 11.0 Å². The van der Waals surface area contributed by atoms with Gasteiger partial charge >= 0.3 is 0 Å². The van der Waals surface area contributed by atoms with Crippen LogP contribution in [0.2, 0.25) is 0 Å². The lowest BCUT2D eigenvalue weighted by Gasteiger charge is -2.13. The van der Waals surface area contributed by atoms with Crippen LogP contribution in [0.5, 0.6) is 5.88 Å². The van der Waals surface area contributed by atoms with Crippen molar-refractivity contribution in [2.45, 2.75) is 20.0 Å². The second-order valence-corrected chi connectivity index (χ2v) is 4.69. The van der Waals surface area contributed by atoms with Crippen LogP contribution in [-0.4, -0.2) is 25.6 Å². The second kappa shape index (κ2) is 4.80. The summed E-state index contributed by atoms with van der Waals surface area (Å²) in [5.41, 5.74) is 8.35. The van der Waals surface area contributed by atoms with Gasteiger partial charge in [-0.05, 0) is 26.0 Å². The van der Waals surface area contributed by atoms with Crippen molar-refractivity contribution in [2.75, 3.05) is 5.73 Å². The van der Waals surface area contributed by atoms with Crippen molar-refractivity contribution in [2.24, 2.45) is 0 Å². The zero-order valence-electron chi connectivity index (χ0n) is 11.3. The zero-order valence-corrected chi connectivity index (χ0v) is 11.3. The van der Waals surface area contributed by atoms with Crippen LogP contribution in [0.3, 0.4) is 0 Å². The van der Waals surface area contributed by atoms with E-state index in [9.17, 15) is 0 Å². The summed E-state index contributed by atoms with van der Waals surface area (Å²) < 4.78 is 7.42. The average Bonchev–Trinajstić information content (AvgIpc) is 2.85. The molecule has 102 valence electrons. The predicted octanol–water partition coefficient (Wildman–Crippen LogP) is 2.18. The molecule has 0 bridgehead atoms. The topological polar surface area (TPSA) is 78.9 Å². The molecule has 0 fully saturated rings. The van der Waals surface area contributed by atoms with E-state index in [2.05, 4.69) is 15.0 Å². The minimum atomic E-state index is -0.000388. The van der Waals surface area contributed by atoms with Crippen LogP contribution in [0.15, 0.2) is 36.9 Å². The SMILES string of the molecule is CC(C)Oc1ncnc(-n2cnc3ccccc32)c1N. The van der Waals surface area contributed by atoms with Crippen molar-refractivity contribution in [3.63, 3.8) is 0 Å². The summed E-state index contributed by atoms with van der Waals surface area (Å²) in [5, 5.41) is 0. The Morgan fingerprint density at radius 3 is 2.75 bits per heavy atom. The number of benzene rings is 1. The fourth-order valence-electron chi connectivity index (χ4n) is 2.01. The minimum Gasteiger partial charge on any atom is -0.473 e. The van der Waals surface area contributed by atoms with Gasteiger partial charge in [-0.1, -0.05) is 12.1 Å². The highest BCUT2D eigenvalue weighted by Crippen LogP contribution is 2.26. The molecule has 2 N–H and O–H groups in total. The number of nitrogens with two attached hydrogens (primary N) is 1. The molecule has 6 nitrogen and oxygen atoms in total. The maximum atomic E-state index is 6.12. The van der Waals surface area contributed by atoms with E-state index in [1.165, 1.54) is 6.33 Å². The number of nitrogen functional groups attached to an aromatic ring is 1. The fourth-order valence-corrected chi connectivity index (χ4v) is 2.01. The average molecular weight is 269 g/mol. The largest absolute Gasteiger partial charge is 0.473 e. The number of ether oxygens (including phenoxy) is 1. The van der Waals surface area contributed by atoms with Gasteiger partial charge in [0.1, 0.15) is 18.3 Å². The number of hydrogen-bond donors (Lipinski definition) is 1. The molecule has 3 rings (SSSR count). The number of fused-ring (bicyclic) bond motifs is 1. The Morgan fingerprint density at radius 1 is 1.15 bits per heavy atom. The molecule has 0 radical (unpaired) electrons. The smallest absolute Gasteiger partial charge is 0.242 e. The molecule has 0 aliphatic carbocycles. The van der Waals surface area contributed by atoms with E-state index in [0.29, 0.717) is 17.4 Å². The first-order valence-electron chi connectivity index (χ1n) is 6.36. The molecule has 1 aromatic carbocycles. The van der Waals surface area contributed by atoms with Crippen molar-refractivity contribution < 1.29 is 4.74 Å². The highest BCUT2D eigenvalue weighted by Gasteiger charge is 2.14. The Kier molecular flexibility index (Phi) is 2.98. The maximum absolute atomic E-state index is 6.12. The van der Waals surface area contributed by atoms with Gasteiger partial charge in [0.25, 0.3) is 0 Å². The lowest BCUT2D eigenvalue weighted by molar-refractivity contribution is 0.233. The monoisotopic (exact) mass is 269 g/mol. The summed E-state index contributed by atoms with van der Waals surface area (Å²) >= 11 is 0. The summed E-state index contributed by atoms with van der Waals surface area (Å²) in [6.45, 7) is 3.85. The normalized spacial score (nSPS) is 11.2. The third-order valence-corrected chi connectivity index (χ3v) is 2.86. The summed E-state index contributed by atoms with van der Waals surface area (Å²) in [7, 11) is 0. The van der Waals surface area contributed by atoms with Crippen LogP contribution >= 0.6 is 0 Å². The number of aromatic nitrogens is 4. The van der Waals surface area contributed by atoms with E-state index in [-0.39, 0.29) is 6.10 Å². The van der Waals surface area contributed by atoms with Gasteiger partial charge in [-0.3, -0.25) is 4.57 Å². The van der Waals surface area contributed by atoms with Crippen LogP contribution in [0, 0.1) is 0 Å². The molecular formula is C14H15N5O. The number of nitrogens with zero attached hydrogens (tertiary/aromatic N) is 4. The third kappa shape index (κ3) is 2.05. The molecule has 0 aliphatic rings. The van der Waals surface area contributed by atoms with Crippen LogP contribution in [0.1, 0.15) is 13.8 Å². The number of rotatable bonds is 3. The van der Waals surface area contributed by atoms with Crippen molar-refractivity contribution in [1.82, 2.24) is 19.5 Å². The lowest BCUT2D eigenvalue weighted by atomic mass is 10.3. The van der Waals surface area contributed by atoms with Crippen molar-refractivity contribution >= 4 is 16.7 Å². The zero-order chi connectivity index (χ0) is 14.1. The third-order valence-electron chi connectivity index (χ3n) is 2.86. The quantitative estimate of drug-likeness (QED) is 0.788. The van der Waals surface area contributed by atoms with E-state index in [4.69, 9.17) is 10.5 Å². The molecule has 0 saturated carbocycles. The molecular weight excluding hydrogens is 254 g/mol. The van der Waals surface area contributed by atoms with Crippen molar-refractivity contribution in [3.05, 3.63) is 36.9 Å². The van der Waals surface area contributed by atoms with Crippen LogP contribution in [-0.2, 0) is 0 Å². The molecule has 0 amide bonds. The first-order chi connectivity index (χ1) is 9.66. The van der Waals surface area contributed by atoms with Gasteiger partial charge in [0.15, 0.2) is 5.82 Å². The first kappa shape index (κ1) is 12.4. The van der Waals surface area contributed by atoms with Crippen molar-refractivity contribution in [1.29, 1.82) is 0 Å². The van der Waals surface area contributed by atoms with Gasteiger partial charge in [0.05, 0.1) is 17.1 Å². The predicted molar refractivity (Wildman–Crippen MR) is 76.8 cm³/mol. The van der Waals surface area contributed by atoms with Gasteiger partial charge < -0.3 is 10.5 Å². The standard InChI is InChI=1S/C14H15N5O/c1-9(2)20-14-12(15)13(16-7-17-14)19-8-18-10-5-3-4-6-11(10)19/h3-9H,15H2,1-2H3. The number of anilines is 1. The summed E-state index contributed by atoms with van der Waals surface area (Å²) in [6.07, 6.45) is 3.14. The highest BCUT2D eigenvalue weighted by molar-refractivity contribution is 5.78. The molecule has 0 spiro atoms. The number of hydrogen-bond acceptors (Lipinski definition) is 5. The summed E-state index contributed by atoms with van der Waals surface area (Å²) in [5.74, 6) is 0.965. The highest BCUT2D eigenvalue weighted by atomic mass is 16.5. The first-order valence-corrected chi connectivity index (χ1v) is 6.36. The molecule has 2 aromatic heterocycles. The number of para-hydroxylation sites is 2. The fraction of sp³-hybridized carbons (Fsp3) is 0.214. The van der Waals surface area contributed by atoms with E-state index in [1.54, 1.807) is 6.33 Å². The lowest BCUT2D eigenvalue weighted by Crippen LogP contribution is -2.11. The Morgan fingerprint density at radius 2 is 1.95 bits per heavy atom. The van der Waals surface area contributed by atoms with Crippen LogP contribution < -0.4 is 10.5 Å². The number of imidazole rings is 1. The van der Waals surface area contributed by atoms with Gasteiger partial charge in [0.2, 0.25) is 5.88 Å². The summed E-state index contributed by atoms with van der Waals surface area (Å²) in [4.78, 5) is 12.7. The van der Waals surface area contributed by atoms with Gasteiger partial charge in [-0.2, -0.15) is 4.98 Å². The van der Waals surface area contributed by atoms with Crippen LogP contribution in [0.4, 0.5) is 5.69 Å². The van der Waals surface area contributed by atoms with Gasteiger partial charge in [-0.15, -0.1) is 0 Å². The summed E-state index contributed by atoms with van der Waals surface area (Å²) in [6, 6.07) is 7.79. The molecule has 0 saturated heterocycles. The Hall–Kier alpha value is -2.63. The Labute approximate surface area is 116 Å². The molecule has 6 heteroatoms. The van der Waals surface area contributed by atoms with E-state index in [1.807, 2.05) is 42.7 Å². The maximum Gasteiger partial charge on any atom is 0.242 e. The minimum absolute atomic E-state index is 0.000388. The van der Waals surface area contributed by atoms with Crippen LogP contribution in [0.25, 0.3) is 16.9 Å². The Balaban J connectivity index is 2.15. The van der Waals surface area contributed by atoms with E-state index >= 15 is 0 Å². The molecule has 3 aromatic rings. The Bertz CT molecular complexity index is 750. The van der Waals surface area contributed by atoms with Gasteiger partial charge in [0, 0.05) is 0 Å².